The monoisotopic (exact) mass is 628 g/mol. The van der Waals surface area contributed by atoms with E-state index in [4.69, 9.17) is 16.3 Å². The number of ether oxygens (including phenoxy) is 1. The molecule has 0 amide bonds. The van der Waals surface area contributed by atoms with Crippen LogP contribution in [0.2, 0.25) is 5.02 Å². The SMILES string of the molecule is Cc1nc(-c2cc(Oc3cccc(S(=O)(=O)CCCCOS(C)(=O)=O)c3)ccc2Cl)c2cccc(C(F)(F)F)c2n1. The van der Waals surface area contributed by atoms with Crippen LogP contribution in [0.5, 0.6) is 11.5 Å². The van der Waals surface area contributed by atoms with Crippen molar-refractivity contribution in [1.29, 1.82) is 0 Å². The summed E-state index contributed by atoms with van der Waals surface area (Å²) in [5.41, 5.74) is -0.666. The standard InChI is InChI=1S/C27H24ClF3N2O6S2/c1-17-32-25(21-9-6-10-23(26(21)33-17)27(29,30)31)22-16-19(11-12-24(22)28)39-18-7-5-8-20(15-18)41(36,37)14-4-3-13-38-40(2,34)35/h5-12,15-16H,3-4,13-14H2,1-2H3. The molecule has 1 aromatic heterocycles. The zero-order valence-electron chi connectivity index (χ0n) is 21.8. The normalized spacial score (nSPS) is 12.5. The summed E-state index contributed by atoms with van der Waals surface area (Å²) in [6, 6.07) is 14.0. The lowest BCUT2D eigenvalue weighted by Crippen LogP contribution is -2.09. The van der Waals surface area contributed by atoms with Gasteiger partial charge in [-0.3, -0.25) is 4.18 Å². The molecular weight excluding hydrogens is 605 g/mol. The van der Waals surface area contributed by atoms with Crippen LogP contribution in [0.1, 0.15) is 24.2 Å². The first-order valence-corrected chi connectivity index (χ1v) is 16.0. The molecule has 0 atom stereocenters. The van der Waals surface area contributed by atoms with Gasteiger partial charge in [0.25, 0.3) is 10.1 Å². The van der Waals surface area contributed by atoms with Crippen molar-refractivity contribution in [3.8, 4) is 22.8 Å². The third-order valence-corrected chi connectivity index (χ3v) is 8.56. The zero-order chi connectivity index (χ0) is 30.0. The van der Waals surface area contributed by atoms with Crippen LogP contribution in [0.4, 0.5) is 13.2 Å². The number of rotatable bonds is 10. The number of benzene rings is 3. The molecule has 1 heterocycles. The Labute approximate surface area is 240 Å². The number of nitrogens with zero attached hydrogens (tertiary/aromatic N) is 2. The fourth-order valence-electron chi connectivity index (χ4n) is 4.04. The zero-order valence-corrected chi connectivity index (χ0v) is 24.2. The topological polar surface area (TPSA) is 113 Å². The third kappa shape index (κ3) is 7.73. The van der Waals surface area contributed by atoms with Crippen molar-refractivity contribution in [3.05, 3.63) is 77.1 Å². The molecule has 0 fully saturated rings. The maximum absolute atomic E-state index is 13.7. The van der Waals surface area contributed by atoms with Gasteiger partial charge in [0.15, 0.2) is 9.84 Å². The predicted octanol–water partition coefficient (Wildman–Crippen LogP) is 6.60. The molecule has 8 nitrogen and oxygen atoms in total. The minimum atomic E-state index is -4.62. The van der Waals surface area contributed by atoms with Gasteiger partial charge in [-0.05, 0) is 62.2 Å². The van der Waals surface area contributed by atoms with E-state index in [1.807, 2.05) is 0 Å². The molecule has 4 aromatic rings. The number of aryl methyl sites for hydroxylation is 1. The number of halogens is 4. The van der Waals surface area contributed by atoms with E-state index >= 15 is 0 Å². The van der Waals surface area contributed by atoms with E-state index in [1.165, 1.54) is 55.5 Å². The maximum atomic E-state index is 13.7. The molecular formula is C27H24ClF3N2O6S2. The molecule has 0 radical (unpaired) electrons. The number of hydrogen-bond acceptors (Lipinski definition) is 8. The van der Waals surface area contributed by atoms with E-state index in [0.717, 1.165) is 12.3 Å². The van der Waals surface area contributed by atoms with Crippen molar-refractivity contribution in [2.45, 2.75) is 30.8 Å². The number of aromatic nitrogens is 2. The predicted molar refractivity (Wildman–Crippen MR) is 148 cm³/mol. The summed E-state index contributed by atoms with van der Waals surface area (Å²) in [4.78, 5) is 8.40. The highest BCUT2D eigenvalue weighted by Crippen LogP contribution is 2.39. The van der Waals surface area contributed by atoms with Gasteiger partial charge in [-0.1, -0.05) is 29.8 Å². The number of sulfone groups is 1. The van der Waals surface area contributed by atoms with Gasteiger partial charge in [0, 0.05) is 10.9 Å². The molecule has 0 saturated heterocycles. The van der Waals surface area contributed by atoms with Gasteiger partial charge in [-0.2, -0.15) is 21.6 Å². The second-order valence-corrected chi connectivity index (χ2v) is 13.2. The molecule has 0 saturated carbocycles. The van der Waals surface area contributed by atoms with Crippen molar-refractivity contribution < 1.29 is 38.9 Å². The largest absolute Gasteiger partial charge is 0.457 e. The van der Waals surface area contributed by atoms with Gasteiger partial charge in [0.2, 0.25) is 0 Å². The smallest absolute Gasteiger partial charge is 0.418 e. The lowest BCUT2D eigenvalue weighted by atomic mass is 10.0. The molecule has 0 spiro atoms. The van der Waals surface area contributed by atoms with Gasteiger partial charge >= 0.3 is 6.18 Å². The summed E-state index contributed by atoms with van der Waals surface area (Å²) < 4.78 is 99.2. The maximum Gasteiger partial charge on any atom is 0.418 e. The summed E-state index contributed by atoms with van der Waals surface area (Å²) in [5.74, 6) is 0.331. The van der Waals surface area contributed by atoms with Crippen molar-refractivity contribution in [2.24, 2.45) is 0 Å². The van der Waals surface area contributed by atoms with E-state index in [9.17, 15) is 30.0 Å². The Morgan fingerprint density at radius 2 is 1.61 bits per heavy atom. The molecule has 4 rings (SSSR count). The van der Waals surface area contributed by atoms with E-state index < -0.39 is 31.7 Å². The molecule has 0 aliphatic carbocycles. The highest BCUT2D eigenvalue weighted by molar-refractivity contribution is 7.91. The Morgan fingerprint density at radius 1 is 0.902 bits per heavy atom. The van der Waals surface area contributed by atoms with Gasteiger partial charge in [0.05, 0.1) is 45.3 Å². The highest BCUT2D eigenvalue weighted by Gasteiger charge is 2.34. The van der Waals surface area contributed by atoms with Crippen LogP contribution in [-0.2, 0) is 30.3 Å². The average molecular weight is 629 g/mol. The third-order valence-electron chi connectivity index (χ3n) is 5.84. The fourth-order valence-corrected chi connectivity index (χ4v) is 6.07. The minimum Gasteiger partial charge on any atom is -0.457 e. The number of unbranched alkanes of at least 4 members (excludes halogenated alkanes) is 1. The van der Waals surface area contributed by atoms with Crippen molar-refractivity contribution in [1.82, 2.24) is 9.97 Å². The molecule has 0 aliphatic heterocycles. The summed E-state index contributed by atoms with van der Waals surface area (Å²) >= 11 is 6.44. The highest BCUT2D eigenvalue weighted by atomic mass is 35.5. The second-order valence-electron chi connectivity index (χ2n) is 9.09. The molecule has 14 heteroatoms. The molecule has 41 heavy (non-hydrogen) atoms. The number of hydrogen-bond donors (Lipinski definition) is 0. The Bertz CT molecular complexity index is 1810. The van der Waals surface area contributed by atoms with Crippen LogP contribution < -0.4 is 4.74 Å². The van der Waals surface area contributed by atoms with Crippen LogP contribution >= 0.6 is 11.6 Å². The summed E-state index contributed by atoms with van der Waals surface area (Å²) in [6.45, 7) is 1.37. The average Bonchev–Trinajstić information content (AvgIpc) is 2.87. The first kappa shape index (κ1) is 30.7. The Kier molecular flexibility index (Phi) is 8.93. The van der Waals surface area contributed by atoms with Gasteiger partial charge in [0.1, 0.15) is 17.3 Å². The number of para-hydroxylation sites is 1. The van der Waals surface area contributed by atoms with Crippen LogP contribution in [0.3, 0.4) is 0 Å². The lowest BCUT2D eigenvalue weighted by Gasteiger charge is -2.14. The Morgan fingerprint density at radius 3 is 2.32 bits per heavy atom. The summed E-state index contributed by atoms with van der Waals surface area (Å²) in [6.07, 6.45) is -3.29. The van der Waals surface area contributed by atoms with E-state index in [2.05, 4.69) is 14.2 Å². The Balaban J connectivity index is 1.61. The first-order valence-electron chi connectivity index (χ1n) is 12.1. The molecule has 3 aromatic carbocycles. The van der Waals surface area contributed by atoms with Crippen LogP contribution in [-0.4, -0.2) is 45.4 Å². The first-order chi connectivity index (χ1) is 19.1. The van der Waals surface area contributed by atoms with Gasteiger partial charge in [-0.25, -0.2) is 18.4 Å². The van der Waals surface area contributed by atoms with Gasteiger partial charge < -0.3 is 4.74 Å². The molecule has 0 unspecified atom stereocenters. The fraction of sp³-hybridized carbons (Fsp3) is 0.259. The minimum absolute atomic E-state index is 0.00492. The van der Waals surface area contributed by atoms with Crippen LogP contribution in [0, 0.1) is 6.92 Å². The van der Waals surface area contributed by atoms with Crippen molar-refractivity contribution in [2.75, 3.05) is 18.6 Å². The van der Waals surface area contributed by atoms with E-state index in [-0.39, 0.29) is 69.0 Å². The number of alkyl halides is 3. The summed E-state index contributed by atoms with van der Waals surface area (Å²) in [5, 5.41) is 0.366. The molecule has 0 bridgehead atoms. The Hall–Kier alpha value is -3.26. The summed E-state index contributed by atoms with van der Waals surface area (Å²) in [7, 11) is -7.31. The van der Waals surface area contributed by atoms with Crippen LogP contribution in [0.15, 0.2) is 65.6 Å². The molecule has 0 aliphatic rings. The van der Waals surface area contributed by atoms with E-state index in [1.54, 1.807) is 6.07 Å². The quantitative estimate of drug-likeness (QED) is 0.143. The number of fused-ring (bicyclic) bond motifs is 1. The van der Waals surface area contributed by atoms with Crippen molar-refractivity contribution in [3.63, 3.8) is 0 Å². The van der Waals surface area contributed by atoms with Crippen molar-refractivity contribution >= 4 is 42.5 Å². The van der Waals surface area contributed by atoms with Crippen LogP contribution in [0.25, 0.3) is 22.2 Å². The molecule has 0 N–H and O–H groups in total. The lowest BCUT2D eigenvalue weighted by molar-refractivity contribution is -0.136. The second kappa shape index (κ2) is 11.9. The molecule has 218 valence electrons. The van der Waals surface area contributed by atoms with E-state index in [0.29, 0.717) is 5.56 Å². The van der Waals surface area contributed by atoms with Gasteiger partial charge in [-0.15, -0.1) is 0 Å².